The molecule has 2 aromatic rings. The van der Waals surface area contributed by atoms with Gasteiger partial charge in [0.1, 0.15) is 11.5 Å². The molecule has 1 heterocycles. The minimum absolute atomic E-state index is 0.124. The minimum Gasteiger partial charge on any atom is -0.497 e. The standard InChI is InChI=1S/C23H27ClN2O5/c1-29-10-9-25-22(27)20-14-26(23(28)15-5-4-6-16(24)11-15)13-19(20)18-8-7-17(30-2)12-21(18)31-3/h4-8,11-12,19-20H,9-10,13-14H2,1-3H3,(H,25,27). The fourth-order valence-corrected chi connectivity index (χ4v) is 4.08. The van der Waals surface area contributed by atoms with Gasteiger partial charge in [0.25, 0.3) is 5.91 Å². The number of ether oxygens (including phenoxy) is 3. The maximum Gasteiger partial charge on any atom is 0.253 e. The van der Waals surface area contributed by atoms with Crippen LogP contribution in [0, 0.1) is 5.92 Å². The number of likely N-dealkylation sites (tertiary alicyclic amines) is 1. The van der Waals surface area contributed by atoms with E-state index >= 15 is 0 Å². The average molecular weight is 447 g/mol. The van der Waals surface area contributed by atoms with Crippen LogP contribution >= 0.6 is 11.6 Å². The summed E-state index contributed by atoms with van der Waals surface area (Å²) in [7, 11) is 4.75. The van der Waals surface area contributed by atoms with Crippen molar-refractivity contribution in [3.05, 3.63) is 58.6 Å². The Bertz CT molecular complexity index is 936. The normalized spacial score (nSPS) is 18.0. The Balaban J connectivity index is 1.90. The van der Waals surface area contributed by atoms with Gasteiger partial charge >= 0.3 is 0 Å². The number of hydrogen-bond acceptors (Lipinski definition) is 5. The van der Waals surface area contributed by atoms with Gasteiger partial charge in [-0.3, -0.25) is 9.59 Å². The van der Waals surface area contributed by atoms with E-state index in [-0.39, 0.29) is 17.7 Å². The SMILES string of the molecule is COCCNC(=O)C1CN(C(=O)c2cccc(Cl)c2)CC1c1ccc(OC)cc1OC. The van der Waals surface area contributed by atoms with E-state index in [1.54, 1.807) is 56.6 Å². The number of methoxy groups -OCH3 is 3. The number of carbonyl (C=O) groups is 2. The maximum atomic E-state index is 13.1. The van der Waals surface area contributed by atoms with E-state index in [0.717, 1.165) is 5.56 Å². The van der Waals surface area contributed by atoms with Crippen LogP contribution in [0.2, 0.25) is 5.02 Å². The summed E-state index contributed by atoms with van der Waals surface area (Å²) in [6.07, 6.45) is 0. The molecule has 0 aliphatic carbocycles. The van der Waals surface area contributed by atoms with E-state index in [1.165, 1.54) is 0 Å². The summed E-state index contributed by atoms with van der Waals surface area (Å²) in [5.41, 5.74) is 1.35. The summed E-state index contributed by atoms with van der Waals surface area (Å²) in [6.45, 7) is 1.50. The first kappa shape index (κ1) is 22.9. The van der Waals surface area contributed by atoms with Crippen LogP contribution in [0.25, 0.3) is 0 Å². The topological polar surface area (TPSA) is 77.1 Å². The molecule has 1 aliphatic heterocycles. The Morgan fingerprint density at radius 2 is 1.90 bits per heavy atom. The lowest BCUT2D eigenvalue weighted by Crippen LogP contribution is -2.37. The number of rotatable bonds is 8. The number of hydrogen-bond donors (Lipinski definition) is 1. The fourth-order valence-electron chi connectivity index (χ4n) is 3.89. The van der Waals surface area contributed by atoms with Crippen LogP contribution < -0.4 is 14.8 Å². The van der Waals surface area contributed by atoms with Gasteiger partial charge in [0.2, 0.25) is 5.91 Å². The molecule has 2 unspecified atom stereocenters. The molecule has 8 heteroatoms. The van der Waals surface area contributed by atoms with Gasteiger partial charge in [-0.2, -0.15) is 0 Å². The Kier molecular flexibility index (Phi) is 7.76. The van der Waals surface area contributed by atoms with Crippen LogP contribution in [0.15, 0.2) is 42.5 Å². The number of carbonyl (C=O) groups excluding carboxylic acids is 2. The molecule has 2 atom stereocenters. The number of amides is 2. The van der Waals surface area contributed by atoms with Crippen molar-refractivity contribution >= 4 is 23.4 Å². The molecule has 1 aliphatic rings. The molecule has 2 amide bonds. The highest BCUT2D eigenvalue weighted by molar-refractivity contribution is 6.30. The van der Waals surface area contributed by atoms with E-state index in [1.807, 2.05) is 12.1 Å². The first-order valence-corrected chi connectivity index (χ1v) is 10.4. The number of benzene rings is 2. The zero-order valence-electron chi connectivity index (χ0n) is 17.9. The van der Waals surface area contributed by atoms with Gasteiger partial charge < -0.3 is 24.4 Å². The van der Waals surface area contributed by atoms with Gasteiger partial charge in [0, 0.05) is 54.9 Å². The van der Waals surface area contributed by atoms with Crippen LogP contribution in [0.4, 0.5) is 0 Å². The van der Waals surface area contributed by atoms with Crippen molar-refractivity contribution < 1.29 is 23.8 Å². The number of halogens is 1. The zero-order chi connectivity index (χ0) is 22.4. The third-order valence-electron chi connectivity index (χ3n) is 5.46. The molecule has 1 N–H and O–H groups in total. The van der Waals surface area contributed by atoms with E-state index in [0.29, 0.717) is 48.3 Å². The van der Waals surface area contributed by atoms with Crippen molar-refractivity contribution in [2.24, 2.45) is 5.92 Å². The summed E-state index contributed by atoms with van der Waals surface area (Å²) < 4.78 is 15.9. The number of nitrogens with one attached hydrogen (secondary N) is 1. The molecule has 0 aromatic heterocycles. The van der Waals surface area contributed by atoms with Crippen LogP contribution in [-0.4, -0.2) is 64.3 Å². The summed E-state index contributed by atoms with van der Waals surface area (Å²) in [6, 6.07) is 12.3. The van der Waals surface area contributed by atoms with Crippen LogP contribution in [0.3, 0.4) is 0 Å². The predicted octanol–water partition coefficient (Wildman–Crippen LogP) is 2.98. The molecule has 2 aromatic carbocycles. The monoisotopic (exact) mass is 446 g/mol. The Labute approximate surface area is 187 Å². The zero-order valence-corrected chi connectivity index (χ0v) is 18.6. The molecule has 0 spiro atoms. The lowest BCUT2D eigenvalue weighted by molar-refractivity contribution is -0.125. The Morgan fingerprint density at radius 1 is 1.10 bits per heavy atom. The molecule has 166 valence electrons. The van der Waals surface area contributed by atoms with Gasteiger partial charge in [0.15, 0.2) is 0 Å². The highest BCUT2D eigenvalue weighted by atomic mass is 35.5. The second-order valence-electron chi connectivity index (χ2n) is 7.33. The smallest absolute Gasteiger partial charge is 0.253 e. The highest BCUT2D eigenvalue weighted by Crippen LogP contribution is 2.39. The molecule has 1 fully saturated rings. The summed E-state index contributed by atoms with van der Waals surface area (Å²) >= 11 is 6.06. The van der Waals surface area contributed by atoms with Crippen molar-refractivity contribution in [3.63, 3.8) is 0 Å². The van der Waals surface area contributed by atoms with Gasteiger partial charge in [-0.25, -0.2) is 0 Å². The molecule has 0 radical (unpaired) electrons. The van der Waals surface area contributed by atoms with E-state index in [9.17, 15) is 9.59 Å². The minimum atomic E-state index is -0.428. The fraction of sp³-hybridized carbons (Fsp3) is 0.391. The third kappa shape index (κ3) is 5.29. The molecule has 0 bridgehead atoms. The first-order valence-electron chi connectivity index (χ1n) is 10.0. The molecular formula is C23H27ClN2O5. The highest BCUT2D eigenvalue weighted by Gasteiger charge is 2.41. The molecule has 0 saturated carbocycles. The summed E-state index contributed by atoms with van der Waals surface area (Å²) in [5, 5.41) is 3.40. The van der Waals surface area contributed by atoms with E-state index in [4.69, 9.17) is 25.8 Å². The Hall–Kier alpha value is -2.77. The first-order chi connectivity index (χ1) is 15.0. The average Bonchev–Trinajstić information content (AvgIpc) is 3.23. The van der Waals surface area contributed by atoms with Gasteiger partial charge in [-0.15, -0.1) is 0 Å². The molecular weight excluding hydrogens is 420 g/mol. The molecule has 3 rings (SSSR count). The van der Waals surface area contributed by atoms with Crippen LogP contribution in [0.5, 0.6) is 11.5 Å². The van der Waals surface area contributed by atoms with Crippen molar-refractivity contribution in [2.75, 3.05) is 47.6 Å². The van der Waals surface area contributed by atoms with Gasteiger partial charge in [-0.1, -0.05) is 23.7 Å². The quantitative estimate of drug-likeness (QED) is 0.631. The Morgan fingerprint density at radius 3 is 2.58 bits per heavy atom. The molecule has 7 nitrogen and oxygen atoms in total. The lowest BCUT2D eigenvalue weighted by atomic mass is 9.87. The van der Waals surface area contributed by atoms with Crippen molar-refractivity contribution in [3.8, 4) is 11.5 Å². The second kappa shape index (κ2) is 10.5. The van der Waals surface area contributed by atoms with E-state index < -0.39 is 5.92 Å². The van der Waals surface area contributed by atoms with Crippen LogP contribution in [-0.2, 0) is 9.53 Å². The van der Waals surface area contributed by atoms with Crippen molar-refractivity contribution in [2.45, 2.75) is 5.92 Å². The maximum absolute atomic E-state index is 13.1. The lowest BCUT2D eigenvalue weighted by Gasteiger charge is -2.21. The second-order valence-corrected chi connectivity index (χ2v) is 7.76. The largest absolute Gasteiger partial charge is 0.497 e. The molecule has 1 saturated heterocycles. The van der Waals surface area contributed by atoms with Crippen molar-refractivity contribution in [1.82, 2.24) is 10.2 Å². The van der Waals surface area contributed by atoms with Gasteiger partial charge in [-0.05, 0) is 24.3 Å². The predicted molar refractivity (Wildman–Crippen MR) is 118 cm³/mol. The summed E-state index contributed by atoms with van der Waals surface area (Å²) in [5.74, 6) is 0.338. The van der Waals surface area contributed by atoms with Gasteiger partial charge in [0.05, 0.1) is 26.7 Å². The van der Waals surface area contributed by atoms with Crippen molar-refractivity contribution in [1.29, 1.82) is 0 Å². The van der Waals surface area contributed by atoms with E-state index in [2.05, 4.69) is 5.32 Å². The van der Waals surface area contributed by atoms with Crippen LogP contribution in [0.1, 0.15) is 21.8 Å². The molecule has 31 heavy (non-hydrogen) atoms. The number of nitrogens with zero attached hydrogens (tertiary/aromatic N) is 1. The summed E-state index contributed by atoms with van der Waals surface area (Å²) in [4.78, 5) is 27.8. The third-order valence-corrected chi connectivity index (χ3v) is 5.70.